The summed E-state index contributed by atoms with van der Waals surface area (Å²) in [5.41, 5.74) is 7.77. The van der Waals surface area contributed by atoms with E-state index in [9.17, 15) is 14.0 Å². The second-order valence-corrected chi connectivity index (χ2v) is 8.39. The van der Waals surface area contributed by atoms with Gasteiger partial charge >= 0.3 is 6.09 Å². The van der Waals surface area contributed by atoms with Crippen LogP contribution in [0.1, 0.15) is 26.3 Å². The van der Waals surface area contributed by atoms with Crippen LogP contribution in [0.3, 0.4) is 0 Å². The Morgan fingerprint density at radius 2 is 1.66 bits per heavy atom. The molecule has 0 bridgehead atoms. The van der Waals surface area contributed by atoms with Gasteiger partial charge in [0.1, 0.15) is 17.5 Å². The number of pyridine rings is 1. The number of hydrogen-bond donors (Lipinski definition) is 1. The Hall–Kier alpha value is -3.74. The summed E-state index contributed by atoms with van der Waals surface area (Å²) in [5, 5.41) is 0. The number of ether oxygens (including phenoxy) is 1. The van der Waals surface area contributed by atoms with E-state index in [0.717, 1.165) is 11.1 Å². The number of carbonyl (C=O) groups is 2. The summed E-state index contributed by atoms with van der Waals surface area (Å²) >= 11 is 0. The molecule has 0 saturated carbocycles. The van der Waals surface area contributed by atoms with Gasteiger partial charge in [0.25, 0.3) is 0 Å². The number of benzene rings is 2. The lowest BCUT2D eigenvalue weighted by atomic mass is 10.0. The van der Waals surface area contributed by atoms with Crippen LogP contribution in [-0.2, 0) is 16.0 Å². The molecule has 2 N–H and O–H groups in total. The minimum atomic E-state index is -1.07. The molecule has 166 valence electrons. The molecule has 6 nitrogen and oxygen atoms in total. The van der Waals surface area contributed by atoms with Crippen molar-refractivity contribution in [1.82, 2.24) is 4.98 Å². The number of nitrogens with zero attached hydrogens (tertiary/aromatic N) is 2. The van der Waals surface area contributed by atoms with E-state index >= 15 is 0 Å². The van der Waals surface area contributed by atoms with Crippen LogP contribution in [0.4, 0.5) is 14.9 Å². The maximum absolute atomic E-state index is 13.7. The topological polar surface area (TPSA) is 85.5 Å². The van der Waals surface area contributed by atoms with Gasteiger partial charge < -0.3 is 10.5 Å². The van der Waals surface area contributed by atoms with Crippen LogP contribution >= 0.6 is 0 Å². The van der Waals surface area contributed by atoms with Crippen molar-refractivity contribution in [2.75, 3.05) is 4.90 Å². The van der Waals surface area contributed by atoms with Gasteiger partial charge in [-0.2, -0.15) is 0 Å². The molecule has 0 saturated heterocycles. The zero-order valence-corrected chi connectivity index (χ0v) is 18.3. The Kier molecular flexibility index (Phi) is 6.88. The lowest BCUT2D eigenvalue weighted by Gasteiger charge is -2.32. The smallest absolute Gasteiger partial charge is 0.415 e. The molecule has 0 spiro atoms. The summed E-state index contributed by atoms with van der Waals surface area (Å²) < 4.78 is 19.3. The van der Waals surface area contributed by atoms with E-state index in [1.165, 1.54) is 17.0 Å². The van der Waals surface area contributed by atoms with Crippen molar-refractivity contribution in [3.63, 3.8) is 0 Å². The van der Waals surface area contributed by atoms with Gasteiger partial charge in [0.05, 0.1) is 0 Å². The molecule has 0 fully saturated rings. The molecule has 32 heavy (non-hydrogen) atoms. The Morgan fingerprint density at radius 3 is 2.22 bits per heavy atom. The SMILES string of the molecule is CC(C)(C)OC(=O)N(c1ccc(-c2ccncc2)cc1)[C@H](Cc1cccc(F)c1)C(N)=O. The molecule has 7 heteroatoms. The van der Waals surface area contributed by atoms with Gasteiger partial charge in [0.15, 0.2) is 0 Å². The predicted molar refractivity (Wildman–Crippen MR) is 121 cm³/mol. The first-order chi connectivity index (χ1) is 15.1. The molecule has 0 aliphatic carbocycles. The van der Waals surface area contributed by atoms with Gasteiger partial charge in [-0.1, -0.05) is 24.3 Å². The molecule has 2 amide bonds. The second kappa shape index (κ2) is 9.60. The molecular weight excluding hydrogens is 409 g/mol. The Balaban J connectivity index is 2.00. The zero-order chi connectivity index (χ0) is 23.3. The fourth-order valence-electron chi connectivity index (χ4n) is 3.29. The molecule has 1 aromatic heterocycles. The molecule has 1 heterocycles. The number of anilines is 1. The summed E-state index contributed by atoms with van der Waals surface area (Å²) in [7, 11) is 0. The Labute approximate surface area is 186 Å². The van der Waals surface area contributed by atoms with Crippen LogP contribution in [0.15, 0.2) is 73.1 Å². The molecule has 0 aliphatic heterocycles. The van der Waals surface area contributed by atoms with Crippen molar-refractivity contribution < 1.29 is 18.7 Å². The molecule has 0 radical (unpaired) electrons. The fraction of sp³-hybridized carbons (Fsp3) is 0.240. The molecule has 0 unspecified atom stereocenters. The average molecular weight is 435 g/mol. The van der Waals surface area contributed by atoms with Gasteiger partial charge in [-0.15, -0.1) is 0 Å². The Morgan fingerprint density at radius 1 is 1.03 bits per heavy atom. The number of hydrogen-bond acceptors (Lipinski definition) is 4. The third kappa shape index (κ3) is 5.91. The molecule has 3 aromatic rings. The first kappa shape index (κ1) is 22.9. The van der Waals surface area contributed by atoms with Crippen molar-refractivity contribution in [2.24, 2.45) is 5.73 Å². The minimum absolute atomic E-state index is 0.0401. The van der Waals surface area contributed by atoms with Gasteiger partial charge in [0, 0.05) is 24.5 Å². The average Bonchev–Trinajstić information content (AvgIpc) is 2.73. The van der Waals surface area contributed by atoms with Crippen molar-refractivity contribution >= 4 is 17.7 Å². The van der Waals surface area contributed by atoms with E-state index in [-0.39, 0.29) is 6.42 Å². The number of carbonyl (C=O) groups excluding carboxylic acids is 2. The van der Waals surface area contributed by atoms with E-state index in [1.54, 1.807) is 57.4 Å². The summed E-state index contributed by atoms with van der Waals surface area (Å²) in [4.78, 5) is 30.8. The number of nitrogens with two attached hydrogens (primary N) is 1. The minimum Gasteiger partial charge on any atom is -0.443 e. The highest BCUT2D eigenvalue weighted by Crippen LogP contribution is 2.27. The first-order valence-corrected chi connectivity index (χ1v) is 10.2. The van der Waals surface area contributed by atoms with Crippen LogP contribution in [0, 0.1) is 5.82 Å². The highest BCUT2D eigenvalue weighted by atomic mass is 19.1. The highest BCUT2D eigenvalue weighted by molar-refractivity contribution is 5.97. The fourth-order valence-corrected chi connectivity index (χ4v) is 3.29. The first-order valence-electron chi connectivity index (χ1n) is 10.2. The van der Waals surface area contributed by atoms with E-state index in [4.69, 9.17) is 10.5 Å². The van der Waals surface area contributed by atoms with E-state index in [2.05, 4.69) is 4.98 Å². The van der Waals surface area contributed by atoms with E-state index in [1.807, 2.05) is 24.3 Å². The third-order valence-corrected chi connectivity index (χ3v) is 4.71. The molecule has 1 atom stereocenters. The lowest BCUT2D eigenvalue weighted by molar-refractivity contribution is -0.119. The maximum Gasteiger partial charge on any atom is 0.415 e. The largest absolute Gasteiger partial charge is 0.443 e. The number of halogens is 1. The molecule has 0 aliphatic rings. The number of primary amides is 1. The van der Waals surface area contributed by atoms with E-state index in [0.29, 0.717) is 11.3 Å². The maximum atomic E-state index is 13.7. The quantitative estimate of drug-likeness (QED) is 0.607. The van der Waals surface area contributed by atoms with Crippen LogP contribution in [-0.4, -0.2) is 28.6 Å². The second-order valence-electron chi connectivity index (χ2n) is 8.39. The normalized spacial score (nSPS) is 12.1. The van der Waals surface area contributed by atoms with Crippen LogP contribution < -0.4 is 10.6 Å². The summed E-state index contributed by atoms with van der Waals surface area (Å²) in [6, 6.07) is 15.6. The standard InChI is InChI=1S/C25H26FN3O3/c1-25(2,3)32-24(31)29(22(23(27)30)16-17-5-4-6-20(26)15-17)21-9-7-18(8-10-21)19-11-13-28-14-12-19/h4-15,22H,16H2,1-3H3,(H2,27,30)/t22-/m1/s1. The monoisotopic (exact) mass is 435 g/mol. The number of rotatable bonds is 6. The van der Waals surface area contributed by atoms with Gasteiger partial charge in [0.2, 0.25) is 5.91 Å². The van der Waals surface area contributed by atoms with Gasteiger partial charge in [-0.05, 0) is 73.9 Å². The third-order valence-electron chi connectivity index (χ3n) is 4.71. The van der Waals surface area contributed by atoms with Crippen molar-refractivity contribution in [3.05, 3.63) is 84.4 Å². The van der Waals surface area contributed by atoms with Crippen molar-refractivity contribution in [1.29, 1.82) is 0 Å². The molecule has 3 rings (SSSR count). The van der Waals surface area contributed by atoms with Crippen LogP contribution in [0.5, 0.6) is 0 Å². The Bertz CT molecular complexity index is 1080. The highest BCUT2D eigenvalue weighted by Gasteiger charge is 2.33. The zero-order valence-electron chi connectivity index (χ0n) is 18.3. The number of aromatic nitrogens is 1. The summed E-state index contributed by atoms with van der Waals surface area (Å²) in [6.07, 6.45) is 2.71. The van der Waals surface area contributed by atoms with Crippen LogP contribution in [0.25, 0.3) is 11.1 Å². The van der Waals surface area contributed by atoms with Crippen LogP contribution in [0.2, 0.25) is 0 Å². The van der Waals surface area contributed by atoms with Gasteiger partial charge in [-0.3, -0.25) is 14.7 Å². The lowest BCUT2D eigenvalue weighted by Crippen LogP contribution is -2.51. The predicted octanol–water partition coefficient (Wildman–Crippen LogP) is 4.73. The van der Waals surface area contributed by atoms with E-state index < -0.39 is 29.5 Å². The molecular formula is C25H26FN3O3. The summed E-state index contributed by atoms with van der Waals surface area (Å²) in [6.45, 7) is 5.21. The van der Waals surface area contributed by atoms with Crippen molar-refractivity contribution in [2.45, 2.75) is 38.8 Å². The van der Waals surface area contributed by atoms with Gasteiger partial charge in [-0.25, -0.2) is 9.18 Å². The summed E-state index contributed by atoms with van der Waals surface area (Å²) in [5.74, 6) is -1.16. The van der Waals surface area contributed by atoms with Crippen molar-refractivity contribution in [3.8, 4) is 11.1 Å². The number of amides is 2. The molecule has 2 aromatic carbocycles.